The molecule has 0 bridgehead atoms. The minimum absolute atomic E-state index is 0.00712. The van der Waals surface area contributed by atoms with Gasteiger partial charge in [-0.3, -0.25) is 14.9 Å². The van der Waals surface area contributed by atoms with Crippen LogP contribution in [0.15, 0.2) is 69.1 Å². The molecule has 0 aromatic heterocycles. The van der Waals surface area contributed by atoms with Crippen LogP contribution in [0.25, 0.3) is 0 Å². The largest absolute Gasteiger partial charge is 0.507 e. The third-order valence-electron chi connectivity index (χ3n) is 6.32. The van der Waals surface area contributed by atoms with Crippen molar-refractivity contribution in [2.45, 2.75) is 70.1 Å². The van der Waals surface area contributed by atoms with Crippen LogP contribution in [-0.4, -0.2) is 30.6 Å². The predicted molar refractivity (Wildman–Crippen MR) is 165 cm³/mol. The number of carbonyl (C=O) groups is 1. The van der Waals surface area contributed by atoms with Crippen molar-refractivity contribution in [2.24, 2.45) is 5.10 Å². The zero-order chi connectivity index (χ0) is 31.5. The number of nitro groups is 1. The van der Waals surface area contributed by atoms with Crippen molar-refractivity contribution in [3.63, 3.8) is 0 Å². The lowest BCUT2D eigenvalue weighted by atomic mass is 9.78. The Morgan fingerprint density at radius 3 is 2.10 bits per heavy atom. The van der Waals surface area contributed by atoms with E-state index < -0.39 is 15.0 Å². The Balaban J connectivity index is 1.63. The molecule has 12 heteroatoms. The summed E-state index contributed by atoms with van der Waals surface area (Å²) in [6.45, 7) is 12.2. The van der Waals surface area contributed by atoms with E-state index in [2.05, 4.69) is 26.5 Å². The lowest BCUT2D eigenvalue weighted by molar-refractivity contribution is -0.384. The fraction of sp³-hybridized carbons (Fsp3) is 0.333. The molecule has 2 N–H and O–H groups in total. The zero-order valence-electron chi connectivity index (χ0n) is 24.3. The topological polar surface area (TPSA) is 148 Å². The first-order valence-corrected chi connectivity index (χ1v) is 15.3. The summed E-state index contributed by atoms with van der Waals surface area (Å²) in [6.07, 6.45) is 2.06. The maximum absolute atomic E-state index is 12.6. The van der Waals surface area contributed by atoms with Gasteiger partial charge in [0, 0.05) is 18.6 Å². The highest BCUT2D eigenvalue weighted by atomic mass is 79.9. The molecule has 0 aliphatic rings. The number of carbonyl (C=O) groups excluding carboxylic acids is 1. The Morgan fingerprint density at radius 1 is 1.02 bits per heavy atom. The molecule has 0 radical (unpaired) electrons. The Labute approximate surface area is 254 Å². The van der Waals surface area contributed by atoms with E-state index in [0.29, 0.717) is 22.2 Å². The van der Waals surface area contributed by atoms with Gasteiger partial charge in [-0.05, 0) is 85.8 Å². The number of hydrogen-bond donors (Lipinski definition) is 2. The summed E-state index contributed by atoms with van der Waals surface area (Å²) in [6, 6.07) is 12.8. The summed E-state index contributed by atoms with van der Waals surface area (Å²) in [5, 5.41) is 25.7. The number of hydrazone groups is 1. The summed E-state index contributed by atoms with van der Waals surface area (Å²) < 4.78 is 30.7. The monoisotopic (exact) mass is 659 g/mol. The molecule has 3 aromatic carbocycles. The van der Waals surface area contributed by atoms with Crippen LogP contribution in [-0.2, 0) is 32.2 Å². The lowest BCUT2D eigenvalue weighted by Gasteiger charge is -2.28. The molecule has 0 atom stereocenters. The van der Waals surface area contributed by atoms with Gasteiger partial charge in [0.15, 0.2) is 5.75 Å². The van der Waals surface area contributed by atoms with Crippen LogP contribution in [0.4, 0.5) is 5.69 Å². The van der Waals surface area contributed by atoms with Gasteiger partial charge in [0.05, 0.1) is 15.6 Å². The van der Waals surface area contributed by atoms with E-state index in [4.69, 9.17) is 4.18 Å². The molecule has 42 heavy (non-hydrogen) atoms. The first kappa shape index (κ1) is 32.7. The average molecular weight is 661 g/mol. The van der Waals surface area contributed by atoms with Crippen LogP contribution >= 0.6 is 15.9 Å². The number of amides is 1. The Hall–Kier alpha value is -3.77. The van der Waals surface area contributed by atoms with E-state index in [9.17, 15) is 28.4 Å². The number of non-ortho nitro benzene ring substituents is 1. The molecular weight excluding hydrogens is 626 g/mol. The summed E-state index contributed by atoms with van der Waals surface area (Å²) in [5.74, 6) is 0.00849. The van der Waals surface area contributed by atoms with Crippen molar-refractivity contribution in [3.05, 3.63) is 91.4 Å². The Kier molecular flexibility index (Phi) is 9.84. The van der Waals surface area contributed by atoms with E-state index >= 15 is 0 Å². The minimum atomic E-state index is -4.23. The van der Waals surface area contributed by atoms with Crippen molar-refractivity contribution in [2.75, 3.05) is 0 Å². The molecule has 0 saturated heterocycles. The van der Waals surface area contributed by atoms with Crippen LogP contribution in [0.3, 0.4) is 0 Å². The SMILES string of the molecule is CC(C)(C)c1cc(CCC(=O)N/N=C\c2ccc(OS(=O)(=O)c3ccc([N+](=O)[O-])cc3)c(Br)c2)cc(C(C)(C)C)c1O. The van der Waals surface area contributed by atoms with Crippen molar-refractivity contribution in [1.29, 1.82) is 0 Å². The molecule has 0 unspecified atom stereocenters. The maximum atomic E-state index is 12.6. The van der Waals surface area contributed by atoms with Crippen LogP contribution in [0.2, 0.25) is 0 Å². The van der Waals surface area contributed by atoms with Crippen LogP contribution in [0, 0.1) is 10.1 Å². The lowest BCUT2D eigenvalue weighted by Crippen LogP contribution is -2.20. The highest BCUT2D eigenvalue weighted by Gasteiger charge is 2.26. The van der Waals surface area contributed by atoms with E-state index in [0.717, 1.165) is 41.0 Å². The number of nitro benzene ring substituents is 1. The molecule has 10 nitrogen and oxygen atoms in total. The number of hydrogen-bond acceptors (Lipinski definition) is 8. The number of halogens is 1. The third-order valence-corrected chi connectivity index (χ3v) is 8.19. The van der Waals surface area contributed by atoms with E-state index in [1.807, 2.05) is 53.7 Å². The highest BCUT2D eigenvalue weighted by Crippen LogP contribution is 2.40. The second kappa shape index (κ2) is 12.6. The molecule has 0 fully saturated rings. The van der Waals surface area contributed by atoms with Crippen molar-refractivity contribution < 1.29 is 27.4 Å². The van der Waals surface area contributed by atoms with Gasteiger partial charge in [-0.15, -0.1) is 0 Å². The number of aromatic hydroxyl groups is 1. The van der Waals surface area contributed by atoms with Crippen molar-refractivity contribution in [3.8, 4) is 11.5 Å². The summed E-state index contributed by atoms with van der Waals surface area (Å²) >= 11 is 3.27. The molecule has 1 amide bonds. The number of rotatable bonds is 9. The summed E-state index contributed by atoms with van der Waals surface area (Å²) in [5.41, 5.74) is 4.90. The first-order chi connectivity index (χ1) is 19.4. The molecule has 0 aliphatic heterocycles. The van der Waals surface area contributed by atoms with Gasteiger partial charge in [0.1, 0.15) is 10.6 Å². The van der Waals surface area contributed by atoms with E-state index in [1.165, 1.54) is 12.3 Å². The molecule has 3 rings (SSSR count). The van der Waals surface area contributed by atoms with Gasteiger partial charge < -0.3 is 9.29 Å². The van der Waals surface area contributed by atoms with Gasteiger partial charge in [-0.1, -0.05) is 53.7 Å². The second-order valence-electron chi connectivity index (χ2n) is 11.8. The zero-order valence-corrected chi connectivity index (χ0v) is 26.7. The predicted octanol–water partition coefficient (Wildman–Crippen LogP) is 6.51. The molecule has 0 heterocycles. The number of nitrogens with one attached hydrogen (secondary N) is 1. The number of phenolic OH excluding ortho intramolecular Hbond substituents is 1. The van der Waals surface area contributed by atoms with Gasteiger partial charge in [-0.2, -0.15) is 13.5 Å². The van der Waals surface area contributed by atoms with E-state index in [-0.39, 0.29) is 39.5 Å². The molecule has 0 saturated carbocycles. The second-order valence-corrected chi connectivity index (χ2v) is 14.2. The highest BCUT2D eigenvalue weighted by molar-refractivity contribution is 9.10. The molecular formula is C30H34BrN3O7S. The van der Waals surface area contributed by atoms with E-state index in [1.54, 1.807) is 12.1 Å². The van der Waals surface area contributed by atoms with Crippen LogP contribution in [0.5, 0.6) is 11.5 Å². The standard InChI is InChI=1S/C30H34BrN3O7S/c1-29(2,3)23-15-19(16-24(28(23)36)30(4,5)6)8-14-27(35)33-32-18-20-7-13-26(25(31)17-20)41-42(39,40)22-11-9-21(10-12-22)34(37)38/h7,9-13,15-18,36H,8,14H2,1-6H3,(H,33,35)/b32-18-. The van der Waals surface area contributed by atoms with Gasteiger partial charge in [-0.25, -0.2) is 5.43 Å². The third kappa shape index (κ3) is 8.39. The van der Waals surface area contributed by atoms with Crippen LogP contribution in [0.1, 0.15) is 70.2 Å². The fourth-order valence-corrected chi connectivity index (χ4v) is 5.57. The average Bonchev–Trinajstić information content (AvgIpc) is 2.88. The number of benzene rings is 3. The number of phenols is 1. The smallest absolute Gasteiger partial charge is 0.339 e. The van der Waals surface area contributed by atoms with Crippen molar-refractivity contribution >= 4 is 43.9 Å². The summed E-state index contributed by atoms with van der Waals surface area (Å²) in [4.78, 5) is 22.4. The van der Waals surface area contributed by atoms with Gasteiger partial charge >= 0.3 is 10.1 Å². The number of aryl methyl sites for hydroxylation is 1. The van der Waals surface area contributed by atoms with Crippen molar-refractivity contribution in [1.82, 2.24) is 5.43 Å². The Bertz CT molecular complexity index is 1590. The molecule has 3 aromatic rings. The first-order valence-electron chi connectivity index (χ1n) is 13.1. The van der Waals surface area contributed by atoms with Gasteiger partial charge in [0.25, 0.3) is 5.69 Å². The number of nitrogens with zero attached hydrogens (tertiary/aromatic N) is 2. The normalized spacial score (nSPS) is 12.4. The quantitative estimate of drug-likeness (QED) is 0.115. The summed E-state index contributed by atoms with van der Waals surface area (Å²) in [7, 11) is -4.23. The maximum Gasteiger partial charge on any atom is 0.339 e. The fourth-order valence-electron chi connectivity index (χ4n) is 4.04. The molecule has 0 aliphatic carbocycles. The minimum Gasteiger partial charge on any atom is -0.507 e. The van der Waals surface area contributed by atoms with Gasteiger partial charge in [0.2, 0.25) is 5.91 Å². The van der Waals surface area contributed by atoms with Crippen LogP contribution < -0.4 is 9.61 Å². The Morgan fingerprint density at radius 2 is 1.60 bits per heavy atom. The molecule has 224 valence electrons. The molecule has 0 spiro atoms.